The van der Waals surface area contributed by atoms with E-state index in [9.17, 15) is 14.4 Å². The lowest BCUT2D eigenvalue weighted by molar-refractivity contribution is -0.157. The quantitative estimate of drug-likeness (QED) is 0.790. The van der Waals surface area contributed by atoms with Gasteiger partial charge in [0, 0.05) is 25.3 Å². The summed E-state index contributed by atoms with van der Waals surface area (Å²) in [5, 5.41) is 8.67. The summed E-state index contributed by atoms with van der Waals surface area (Å²) < 4.78 is 0. The molecule has 1 aliphatic heterocycles. The molecule has 19 heavy (non-hydrogen) atoms. The molecule has 1 N–H and O–H groups in total. The zero-order valence-electron chi connectivity index (χ0n) is 11.4. The van der Waals surface area contributed by atoms with Crippen LogP contribution in [0.2, 0.25) is 0 Å². The number of carbonyl (C=O) groups excluding carboxylic acids is 2. The minimum Gasteiger partial charge on any atom is -0.481 e. The molecule has 5 heteroatoms. The maximum absolute atomic E-state index is 12.2. The average Bonchev–Trinajstić information content (AvgIpc) is 2.73. The highest BCUT2D eigenvalue weighted by Crippen LogP contribution is 2.47. The smallest absolute Gasteiger partial charge is 0.303 e. The number of amides is 2. The molecule has 1 spiro atoms. The molecule has 2 rings (SSSR count). The highest BCUT2D eigenvalue weighted by molar-refractivity contribution is 5.99. The van der Waals surface area contributed by atoms with E-state index < -0.39 is 5.97 Å². The molecule has 0 bridgehead atoms. The van der Waals surface area contributed by atoms with Crippen molar-refractivity contribution in [2.75, 3.05) is 0 Å². The molecule has 5 nitrogen and oxygen atoms in total. The molecule has 2 amide bonds. The summed E-state index contributed by atoms with van der Waals surface area (Å²) in [5.74, 6) is -1.12. The summed E-state index contributed by atoms with van der Waals surface area (Å²) in [6.07, 6.45) is 5.39. The second-order valence-corrected chi connectivity index (χ2v) is 6.00. The molecule has 0 aromatic rings. The van der Waals surface area contributed by atoms with Crippen LogP contribution in [-0.4, -0.2) is 33.8 Å². The Labute approximate surface area is 113 Å². The topological polar surface area (TPSA) is 74.7 Å². The number of nitrogens with zero attached hydrogens (tertiary/aromatic N) is 1. The van der Waals surface area contributed by atoms with Gasteiger partial charge in [-0.25, -0.2) is 0 Å². The van der Waals surface area contributed by atoms with Crippen LogP contribution in [0.1, 0.15) is 58.3 Å². The van der Waals surface area contributed by atoms with Crippen LogP contribution in [0.4, 0.5) is 0 Å². The van der Waals surface area contributed by atoms with Crippen LogP contribution in [-0.2, 0) is 14.4 Å². The minimum atomic E-state index is -0.893. The Morgan fingerprint density at radius 2 is 1.79 bits per heavy atom. The minimum absolute atomic E-state index is 0.0105. The van der Waals surface area contributed by atoms with Gasteiger partial charge in [-0.15, -0.1) is 0 Å². The van der Waals surface area contributed by atoms with E-state index in [1.807, 2.05) is 0 Å². The fraction of sp³-hybridized carbons (Fsp3) is 0.786. The first-order valence-corrected chi connectivity index (χ1v) is 7.00. The molecule has 1 atom stereocenters. The molecule has 106 valence electrons. The van der Waals surface area contributed by atoms with Crippen LogP contribution in [0.25, 0.3) is 0 Å². The van der Waals surface area contributed by atoms with E-state index >= 15 is 0 Å². The summed E-state index contributed by atoms with van der Waals surface area (Å²) in [6.45, 7) is 1.76. The molecule has 1 heterocycles. The fourth-order valence-electron chi connectivity index (χ4n) is 3.45. The lowest BCUT2D eigenvalue weighted by atomic mass is 9.76. The van der Waals surface area contributed by atoms with Gasteiger partial charge in [0.15, 0.2) is 0 Å². The summed E-state index contributed by atoms with van der Waals surface area (Å²) in [5.41, 5.74) is -0.0861. The normalized spacial score (nSPS) is 23.9. The van der Waals surface area contributed by atoms with Gasteiger partial charge in [-0.3, -0.25) is 19.3 Å². The number of likely N-dealkylation sites (tertiary alicyclic amines) is 1. The molecular weight excluding hydrogens is 246 g/mol. The van der Waals surface area contributed by atoms with Crippen molar-refractivity contribution >= 4 is 17.8 Å². The first kappa shape index (κ1) is 14.0. The molecule has 2 fully saturated rings. The Hall–Kier alpha value is -1.39. The molecule has 0 aromatic heterocycles. The Morgan fingerprint density at radius 3 is 2.26 bits per heavy atom. The molecule has 1 saturated heterocycles. The highest BCUT2D eigenvalue weighted by atomic mass is 16.4. The number of carboxylic acids is 1. The number of aliphatic carboxylic acids is 1. The third-order valence-corrected chi connectivity index (χ3v) is 4.47. The van der Waals surface area contributed by atoms with Crippen molar-refractivity contribution in [3.63, 3.8) is 0 Å². The lowest BCUT2D eigenvalue weighted by Crippen LogP contribution is -2.51. The van der Waals surface area contributed by atoms with Gasteiger partial charge >= 0.3 is 5.97 Å². The fourth-order valence-corrected chi connectivity index (χ4v) is 3.45. The molecule has 1 saturated carbocycles. The van der Waals surface area contributed by atoms with Gasteiger partial charge < -0.3 is 5.11 Å². The van der Waals surface area contributed by atoms with Gasteiger partial charge in [0.1, 0.15) is 0 Å². The largest absolute Gasteiger partial charge is 0.481 e. The Morgan fingerprint density at radius 1 is 1.26 bits per heavy atom. The van der Waals surface area contributed by atoms with Gasteiger partial charge in [0.05, 0.1) is 0 Å². The first-order valence-electron chi connectivity index (χ1n) is 7.00. The number of carboxylic acid groups (broad SMARTS) is 1. The van der Waals surface area contributed by atoms with E-state index in [0.717, 1.165) is 25.7 Å². The Kier molecular flexibility index (Phi) is 3.92. The summed E-state index contributed by atoms with van der Waals surface area (Å²) in [7, 11) is 0. The highest BCUT2D eigenvalue weighted by Gasteiger charge is 2.46. The van der Waals surface area contributed by atoms with Gasteiger partial charge in [-0.1, -0.05) is 12.8 Å². The number of imide groups is 1. The van der Waals surface area contributed by atoms with E-state index in [0.29, 0.717) is 19.3 Å². The van der Waals surface area contributed by atoms with Gasteiger partial charge in [0.2, 0.25) is 11.8 Å². The number of piperidine rings is 1. The number of carbonyl (C=O) groups is 3. The average molecular weight is 267 g/mol. The zero-order chi connectivity index (χ0) is 14.0. The van der Waals surface area contributed by atoms with Crippen LogP contribution >= 0.6 is 0 Å². The molecule has 0 aromatic carbocycles. The Bertz CT molecular complexity index is 378. The van der Waals surface area contributed by atoms with E-state index in [1.54, 1.807) is 6.92 Å². The third kappa shape index (κ3) is 2.96. The second kappa shape index (κ2) is 5.31. The maximum Gasteiger partial charge on any atom is 0.303 e. The number of hydrogen-bond acceptors (Lipinski definition) is 3. The van der Waals surface area contributed by atoms with Crippen molar-refractivity contribution in [1.29, 1.82) is 0 Å². The molecular formula is C14H21NO4. The number of rotatable bonds is 4. The van der Waals surface area contributed by atoms with Crippen molar-refractivity contribution < 1.29 is 19.5 Å². The predicted molar refractivity (Wildman–Crippen MR) is 68.3 cm³/mol. The monoisotopic (exact) mass is 267 g/mol. The standard InChI is InChI=1S/C14H21NO4/c1-10(4-5-13(18)19)15-11(16)8-14(9-12(15)17)6-2-3-7-14/h10H,2-9H2,1H3,(H,18,19). The van der Waals surface area contributed by atoms with Crippen LogP contribution in [0.15, 0.2) is 0 Å². The third-order valence-electron chi connectivity index (χ3n) is 4.47. The lowest BCUT2D eigenvalue weighted by Gasteiger charge is -2.39. The van der Waals surface area contributed by atoms with Crippen LogP contribution in [0.5, 0.6) is 0 Å². The summed E-state index contributed by atoms with van der Waals surface area (Å²) >= 11 is 0. The maximum atomic E-state index is 12.2. The van der Waals surface area contributed by atoms with Crippen LogP contribution < -0.4 is 0 Å². The predicted octanol–water partition coefficient (Wildman–Crippen LogP) is 1.95. The van der Waals surface area contributed by atoms with Crippen LogP contribution in [0.3, 0.4) is 0 Å². The van der Waals surface area contributed by atoms with E-state index in [-0.39, 0.29) is 29.7 Å². The number of hydrogen-bond donors (Lipinski definition) is 1. The molecule has 1 aliphatic carbocycles. The molecule has 1 unspecified atom stereocenters. The van der Waals surface area contributed by atoms with Crippen LogP contribution in [0, 0.1) is 5.41 Å². The van der Waals surface area contributed by atoms with Gasteiger partial charge in [-0.2, -0.15) is 0 Å². The van der Waals surface area contributed by atoms with Crippen molar-refractivity contribution in [2.45, 2.75) is 64.3 Å². The molecule has 0 radical (unpaired) electrons. The van der Waals surface area contributed by atoms with Crippen molar-refractivity contribution in [3.8, 4) is 0 Å². The van der Waals surface area contributed by atoms with Crippen molar-refractivity contribution in [2.24, 2.45) is 5.41 Å². The van der Waals surface area contributed by atoms with E-state index in [4.69, 9.17) is 5.11 Å². The first-order chi connectivity index (χ1) is 8.93. The second-order valence-electron chi connectivity index (χ2n) is 6.00. The Balaban J connectivity index is 2.01. The summed E-state index contributed by atoms with van der Waals surface area (Å²) in [4.78, 5) is 36.3. The van der Waals surface area contributed by atoms with Crippen molar-refractivity contribution in [1.82, 2.24) is 4.90 Å². The SMILES string of the molecule is CC(CCC(=O)O)N1C(=O)CC2(CCCC2)CC1=O. The van der Waals surface area contributed by atoms with Crippen molar-refractivity contribution in [3.05, 3.63) is 0 Å². The van der Waals surface area contributed by atoms with E-state index in [1.165, 1.54) is 4.90 Å². The van der Waals surface area contributed by atoms with Gasteiger partial charge in [-0.05, 0) is 31.6 Å². The molecule has 2 aliphatic rings. The summed E-state index contributed by atoms with van der Waals surface area (Å²) in [6, 6.07) is -0.310. The van der Waals surface area contributed by atoms with Gasteiger partial charge in [0.25, 0.3) is 0 Å². The van der Waals surface area contributed by atoms with E-state index in [2.05, 4.69) is 0 Å². The zero-order valence-corrected chi connectivity index (χ0v) is 11.4.